The second-order valence-electron chi connectivity index (χ2n) is 4.27. The van der Waals surface area contributed by atoms with Crippen LogP contribution in [0.1, 0.15) is 30.5 Å². The number of hydrogen-bond donors (Lipinski definition) is 1. The Morgan fingerprint density at radius 3 is 2.56 bits per heavy atom. The zero-order chi connectivity index (χ0) is 11.5. The van der Waals surface area contributed by atoms with Crippen LogP contribution in [0.4, 0.5) is 0 Å². The molecule has 2 aromatic carbocycles. The van der Waals surface area contributed by atoms with Gasteiger partial charge in [0.15, 0.2) is 0 Å². The minimum atomic E-state index is 0.450. The van der Waals surface area contributed by atoms with E-state index >= 15 is 0 Å². The van der Waals surface area contributed by atoms with Gasteiger partial charge in [-0.05, 0) is 42.3 Å². The lowest BCUT2D eigenvalue weighted by Crippen LogP contribution is -2.16. The fourth-order valence-corrected chi connectivity index (χ4v) is 2.42. The maximum absolute atomic E-state index is 3.40. The molecule has 0 radical (unpaired) electrons. The highest BCUT2D eigenvalue weighted by atomic mass is 14.9. The van der Waals surface area contributed by atoms with Crippen molar-refractivity contribution in [3.05, 3.63) is 47.5 Å². The van der Waals surface area contributed by atoms with Crippen LogP contribution in [0.15, 0.2) is 36.4 Å². The molecule has 16 heavy (non-hydrogen) atoms. The predicted molar refractivity (Wildman–Crippen MR) is 70.8 cm³/mol. The van der Waals surface area contributed by atoms with Crippen LogP contribution in [0.2, 0.25) is 0 Å². The van der Waals surface area contributed by atoms with Crippen molar-refractivity contribution >= 4 is 10.8 Å². The van der Waals surface area contributed by atoms with E-state index in [0.29, 0.717) is 6.04 Å². The van der Waals surface area contributed by atoms with Crippen molar-refractivity contribution in [2.75, 3.05) is 7.05 Å². The minimum absolute atomic E-state index is 0.450. The molecule has 0 heterocycles. The third-order valence-corrected chi connectivity index (χ3v) is 3.29. The molecule has 84 valence electrons. The number of fused-ring (bicyclic) bond motifs is 1. The van der Waals surface area contributed by atoms with Gasteiger partial charge in [-0.15, -0.1) is 0 Å². The Morgan fingerprint density at radius 2 is 1.88 bits per heavy atom. The van der Waals surface area contributed by atoms with Gasteiger partial charge in [0.2, 0.25) is 0 Å². The number of nitrogens with one attached hydrogen (secondary N) is 1. The molecule has 1 atom stereocenters. The highest BCUT2D eigenvalue weighted by Gasteiger charge is 2.12. The molecule has 0 amide bonds. The van der Waals surface area contributed by atoms with E-state index in [2.05, 4.69) is 55.6 Å². The van der Waals surface area contributed by atoms with Crippen LogP contribution in [-0.2, 0) is 0 Å². The van der Waals surface area contributed by atoms with E-state index in [0.717, 1.165) is 6.42 Å². The standard InChI is InChI=1S/C15H19N/c1-4-14(16-3)15-11(2)9-10-12-7-5-6-8-13(12)15/h5-10,14,16H,4H2,1-3H3. The molecule has 1 heteroatoms. The van der Waals surface area contributed by atoms with Crippen molar-refractivity contribution in [1.82, 2.24) is 5.32 Å². The topological polar surface area (TPSA) is 12.0 Å². The average Bonchev–Trinajstić information content (AvgIpc) is 2.33. The lowest BCUT2D eigenvalue weighted by molar-refractivity contribution is 0.578. The molecule has 1 unspecified atom stereocenters. The molecule has 0 aliphatic carbocycles. The van der Waals surface area contributed by atoms with Crippen molar-refractivity contribution in [3.63, 3.8) is 0 Å². The average molecular weight is 213 g/mol. The third kappa shape index (κ3) is 1.83. The second kappa shape index (κ2) is 4.67. The van der Waals surface area contributed by atoms with E-state index in [1.165, 1.54) is 21.9 Å². The van der Waals surface area contributed by atoms with Gasteiger partial charge in [-0.3, -0.25) is 0 Å². The third-order valence-electron chi connectivity index (χ3n) is 3.29. The largest absolute Gasteiger partial charge is 0.313 e. The van der Waals surface area contributed by atoms with Gasteiger partial charge in [-0.1, -0.05) is 43.3 Å². The first kappa shape index (κ1) is 11.2. The monoisotopic (exact) mass is 213 g/mol. The lowest BCUT2D eigenvalue weighted by Gasteiger charge is -2.19. The van der Waals surface area contributed by atoms with Crippen molar-refractivity contribution < 1.29 is 0 Å². The molecule has 1 nitrogen and oxygen atoms in total. The highest BCUT2D eigenvalue weighted by molar-refractivity contribution is 5.87. The van der Waals surface area contributed by atoms with Crippen LogP contribution in [0, 0.1) is 6.92 Å². The fraction of sp³-hybridized carbons (Fsp3) is 0.333. The van der Waals surface area contributed by atoms with Gasteiger partial charge in [-0.25, -0.2) is 0 Å². The molecular formula is C15H19N. The van der Waals surface area contributed by atoms with Crippen molar-refractivity contribution in [3.8, 4) is 0 Å². The van der Waals surface area contributed by atoms with Crippen molar-refractivity contribution in [2.45, 2.75) is 26.3 Å². The van der Waals surface area contributed by atoms with Crippen LogP contribution in [0.3, 0.4) is 0 Å². The number of rotatable bonds is 3. The maximum Gasteiger partial charge on any atom is 0.0323 e. The molecule has 0 aromatic heterocycles. The first-order valence-corrected chi connectivity index (χ1v) is 5.93. The highest BCUT2D eigenvalue weighted by Crippen LogP contribution is 2.29. The SMILES string of the molecule is CCC(NC)c1c(C)ccc2ccccc12. The van der Waals surface area contributed by atoms with E-state index in [1.54, 1.807) is 0 Å². The number of benzene rings is 2. The van der Waals surface area contributed by atoms with Gasteiger partial charge < -0.3 is 5.32 Å². The summed E-state index contributed by atoms with van der Waals surface area (Å²) in [5, 5.41) is 6.11. The van der Waals surface area contributed by atoms with Crippen LogP contribution in [-0.4, -0.2) is 7.05 Å². The van der Waals surface area contributed by atoms with E-state index in [1.807, 2.05) is 7.05 Å². The molecule has 0 bridgehead atoms. The summed E-state index contributed by atoms with van der Waals surface area (Å²) in [6.45, 7) is 4.42. The molecule has 0 spiro atoms. The van der Waals surface area contributed by atoms with E-state index in [4.69, 9.17) is 0 Å². The van der Waals surface area contributed by atoms with Gasteiger partial charge in [0.1, 0.15) is 0 Å². The van der Waals surface area contributed by atoms with Crippen LogP contribution >= 0.6 is 0 Å². The van der Waals surface area contributed by atoms with Gasteiger partial charge in [0.05, 0.1) is 0 Å². The first-order valence-electron chi connectivity index (χ1n) is 5.93. The summed E-state index contributed by atoms with van der Waals surface area (Å²) in [5.41, 5.74) is 2.82. The van der Waals surface area contributed by atoms with Crippen LogP contribution in [0.25, 0.3) is 10.8 Å². The lowest BCUT2D eigenvalue weighted by atomic mass is 9.93. The van der Waals surface area contributed by atoms with Gasteiger partial charge in [-0.2, -0.15) is 0 Å². The normalized spacial score (nSPS) is 12.9. The Labute approximate surface area is 97.5 Å². The van der Waals surface area contributed by atoms with E-state index in [9.17, 15) is 0 Å². The zero-order valence-corrected chi connectivity index (χ0v) is 10.2. The Bertz CT molecular complexity index is 484. The van der Waals surface area contributed by atoms with E-state index < -0.39 is 0 Å². The molecule has 0 fully saturated rings. The first-order chi connectivity index (χ1) is 7.77. The van der Waals surface area contributed by atoms with Crippen LogP contribution in [0.5, 0.6) is 0 Å². The predicted octanol–water partition coefficient (Wildman–Crippen LogP) is 3.82. The second-order valence-corrected chi connectivity index (χ2v) is 4.27. The minimum Gasteiger partial charge on any atom is -0.313 e. The number of hydrogen-bond acceptors (Lipinski definition) is 1. The molecule has 0 aliphatic heterocycles. The molecule has 2 rings (SSSR count). The Balaban J connectivity index is 2.69. The molecular weight excluding hydrogens is 194 g/mol. The summed E-state index contributed by atoms with van der Waals surface area (Å²) in [5.74, 6) is 0. The Kier molecular flexibility index (Phi) is 3.25. The van der Waals surface area contributed by atoms with E-state index in [-0.39, 0.29) is 0 Å². The van der Waals surface area contributed by atoms with Crippen molar-refractivity contribution in [1.29, 1.82) is 0 Å². The summed E-state index contributed by atoms with van der Waals surface area (Å²) >= 11 is 0. The van der Waals surface area contributed by atoms with Gasteiger partial charge >= 0.3 is 0 Å². The van der Waals surface area contributed by atoms with Gasteiger partial charge in [0, 0.05) is 6.04 Å². The summed E-state index contributed by atoms with van der Waals surface area (Å²) in [7, 11) is 2.04. The summed E-state index contributed by atoms with van der Waals surface area (Å²) in [4.78, 5) is 0. The Hall–Kier alpha value is -1.34. The number of aryl methyl sites for hydroxylation is 1. The summed E-state index contributed by atoms with van der Waals surface area (Å²) in [6, 6.07) is 13.5. The van der Waals surface area contributed by atoms with Crippen LogP contribution < -0.4 is 5.32 Å². The van der Waals surface area contributed by atoms with Gasteiger partial charge in [0.25, 0.3) is 0 Å². The Morgan fingerprint density at radius 1 is 1.12 bits per heavy atom. The molecule has 1 N–H and O–H groups in total. The van der Waals surface area contributed by atoms with Crippen molar-refractivity contribution in [2.24, 2.45) is 0 Å². The maximum atomic E-state index is 3.40. The fourth-order valence-electron chi connectivity index (χ4n) is 2.42. The molecule has 2 aromatic rings. The molecule has 0 saturated heterocycles. The summed E-state index contributed by atoms with van der Waals surface area (Å²) in [6.07, 6.45) is 1.12. The molecule has 0 saturated carbocycles. The molecule has 0 aliphatic rings. The zero-order valence-electron chi connectivity index (χ0n) is 10.2. The quantitative estimate of drug-likeness (QED) is 0.817. The smallest absolute Gasteiger partial charge is 0.0323 e. The summed E-state index contributed by atoms with van der Waals surface area (Å²) < 4.78 is 0.